The first-order valence-electron chi connectivity index (χ1n) is 48.9. The van der Waals surface area contributed by atoms with Gasteiger partial charge in [0.2, 0.25) is 0 Å². The van der Waals surface area contributed by atoms with Crippen molar-refractivity contribution < 1.29 is 0 Å². The lowest BCUT2D eigenvalue weighted by Gasteiger charge is -2.19. The first-order valence-corrected chi connectivity index (χ1v) is 48.9. The molecule has 27 rings (SSSR count). The quantitative estimate of drug-likeness (QED) is 0.113. The van der Waals surface area contributed by atoms with E-state index in [1.54, 1.807) is 0 Å². The van der Waals surface area contributed by atoms with Crippen LogP contribution in [0.3, 0.4) is 0 Å². The third kappa shape index (κ3) is 14.6. The van der Waals surface area contributed by atoms with Crippen molar-refractivity contribution in [1.82, 2.24) is 27.4 Å². The number of hydrogen-bond acceptors (Lipinski definition) is 9. The van der Waals surface area contributed by atoms with Gasteiger partial charge in [0.05, 0.1) is 187 Å². The number of para-hydroxylation sites is 12. The van der Waals surface area contributed by atoms with Crippen LogP contribution in [-0.4, -0.2) is 27.4 Å². The minimum absolute atomic E-state index is 0.478. The smallest absolute Gasteiger partial charge is 0.101 e. The maximum Gasteiger partial charge on any atom is 0.101 e. The molecule has 0 unspecified atom stereocenters. The topological polar surface area (TPSA) is 244 Å². The van der Waals surface area contributed by atoms with Crippen molar-refractivity contribution in [3.8, 4) is 156 Å². The zero-order chi connectivity index (χ0) is 101. The van der Waals surface area contributed by atoms with Gasteiger partial charge >= 0.3 is 0 Å². The molecule has 0 aliphatic rings. The maximum atomic E-state index is 10.7. The molecule has 21 aromatic carbocycles. The van der Waals surface area contributed by atoms with E-state index in [0.29, 0.717) is 61.2 Å². The van der Waals surface area contributed by atoms with Crippen LogP contribution in [0.5, 0.6) is 0 Å². The summed E-state index contributed by atoms with van der Waals surface area (Å²) in [4.78, 5) is 0. The first-order chi connectivity index (χ1) is 74.1. The van der Waals surface area contributed by atoms with Crippen LogP contribution in [0.1, 0.15) is 50.1 Å². The Bertz CT molecular complexity index is 10700. The third-order valence-electron chi connectivity index (χ3n) is 28.9. The van der Waals surface area contributed by atoms with E-state index in [4.69, 9.17) is 0 Å². The summed E-state index contributed by atoms with van der Waals surface area (Å²) in [6.45, 7) is 0. The number of benzene rings is 21. The van der Waals surface area contributed by atoms with Gasteiger partial charge in [-0.2, -0.15) is 47.4 Å². The molecule has 0 saturated heterocycles. The second-order valence-electron chi connectivity index (χ2n) is 36.8. The first kappa shape index (κ1) is 89.2. The zero-order valence-corrected chi connectivity index (χ0v) is 80.0. The molecule has 0 aliphatic heterocycles. The highest BCUT2D eigenvalue weighted by Crippen LogP contribution is 2.49. The minimum atomic E-state index is 0.478. The molecule has 0 N–H and O–H groups in total. The molecule has 150 heavy (non-hydrogen) atoms. The molecule has 15 heteroatoms. The standard InChI is InChI=1S/3C45H25N5/c46-26-29-20-23-44-39(24-29)37-14-4-8-19-43(37)50(44)42-18-7-3-13-36(42)38-15-9-10-30(27-47)45(38)33-22-21-32(25-31(33)28-48)49-40-16-5-1-11-34(40)35-12-2-6-17-41(35)49;46-26-29-20-22-44-38(24-29)36-14-4-8-19-43(36)50(44)42-18-7-3-13-35(42)37-15-9-10-31(27-47)45(37)30-21-23-39(32(25-30)28-48)49-40-16-5-1-11-33(40)34-12-2-6-17-41(34)49;46-26-29-17-20-33(34-9-1-5-13-41(34)50-44-16-8-4-12-37(44)39-24-30(27-47)18-21-45(39)50)38(23-29)31-19-22-40(32(25-31)28-48)49-42-14-6-2-10-35(42)36-11-3-7-15-43(36)49/h3*1-25H. The van der Waals surface area contributed by atoms with Crippen molar-refractivity contribution in [2.75, 3.05) is 0 Å². The highest BCUT2D eigenvalue weighted by atomic mass is 15.0. The van der Waals surface area contributed by atoms with Crippen molar-refractivity contribution in [2.24, 2.45) is 0 Å². The molecule has 6 heterocycles. The summed E-state index contributed by atoms with van der Waals surface area (Å²) < 4.78 is 13.2. The molecule has 0 saturated carbocycles. The van der Waals surface area contributed by atoms with Gasteiger partial charge in [-0.05, 0) is 221 Å². The van der Waals surface area contributed by atoms with E-state index in [-0.39, 0.29) is 0 Å². The summed E-state index contributed by atoms with van der Waals surface area (Å²) in [6, 6.07) is 173. The van der Waals surface area contributed by atoms with Gasteiger partial charge < -0.3 is 27.4 Å². The molecule has 6 aromatic heterocycles. The molecule has 27 aromatic rings. The van der Waals surface area contributed by atoms with E-state index >= 15 is 0 Å². The Morgan fingerprint density at radius 1 is 0.133 bits per heavy atom. The van der Waals surface area contributed by atoms with Crippen LogP contribution in [-0.2, 0) is 0 Å². The largest absolute Gasteiger partial charge is 0.309 e. The molecule has 0 fully saturated rings. The van der Waals surface area contributed by atoms with Crippen molar-refractivity contribution in [3.05, 3.63) is 505 Å². The Morgan fingerprint density at radius 2 is 0.400 bits per heavy atom. The summed E-state index contributed by atoms with van der Waals surface area (Å²) in [6.07, 6.45) is 0. The monoisotopic (exact) mass is 1910 g/mol. The number of nitriles is 9. The zero-order valence-electron chi connectivity index (χ0n) is 80.0. The Kier molecular flexibility index (Phi) is 22.0. The number of fused-ring (bicyclic) bond motifs is 18. The van der Waals surface area contributed by atoms with Crippen LogP contribution in [0.15, 0.2) is 455 Å². The second kappa shape index (κ2) is 37.0. The van der Waals surface area contributed by atoms with Crippen LogP contribution in [0.2, 0.25) is 0 Å². The number of aromatic nitrogens is 6. The van der Waals surface area contributed by atoms with E-state index in [1.807, 2.05) is 309 Å². The predicted molar refractivity (Wildman–Crippen MR) is 600 cm³/mol. The Morgan fingerprint density at radius 3 is 0.760 bits per heavy atom. The van der Waals surface area contributed by atoms with Crippen LogP contribution in [0.25, 0.3) is 232 Å². The van der Waals surface area contributed by atoms with Crippen molar-refractivity contribution in [2.45, 2.75) is 0 Å². The molecule has 0 aliphatic carbocycles. The van der Waals surface area contributed by atoms with Crippen LogP contribution >= 0.6 is 0 Å². The molecule has 690 valence electrons. The normalized spacial score (nSPS) is 11.1. The second-order valence-corrected chi connectivity index (χ2v) is 36.8. The Hall–Kier alpha value is -22.2. The van der Waals surface area contributed by atoms with Crippen LogP contribution < -0.4 is 0 Å². The summed E-state index contributed by atoms with van der Waals surface area (Å²) in [7, 11) is 0. The minimum Gasteiger partial charge on any atom is -0.309 e. The van der Waals surface area contributed by atoms with E-state index in [9.17, 15) is 47.4 Å². The van der Waals surface area contributed by atoms with E-state index in [1.165, 1.54) is 0 Å². The Labute approximate surface area is 860 Å². The highest BCUT2D eigenvalue weighted by molar-refractivity contribution is 6.16. The average molecular weight is 1910 g/mol. The molecule has 0 atom stereocenters. The fourth-order valence-corrected chi connectivity index (χ4v) is 22.5. The molecular formula is C135H75N15. The summed E-state index contributed by atoms with van der Waals surface area (Å²) in [5.74, 6) is 0. The molecule has 0 radical (unpaired) electrons. The van der Waals surface area contributed by atoms with Gasteiger partial charge in [-0.1, -0.05) is 267 Å². The van der Waals surface area contributed by atoms with Crippen LogP contribution in [0, 0.1) is 102 Å². The van der Waals surface area contributed by atoms with E-state index in [2.05, 4.69) is 228 Å². The maximum absolute atomic E-state index is 10.7. The fourth-order valence-electron chi connectivity index (χ4n) is 22.5. The third-order valence-corrected chi connectivity index (χ3v) is 28.9. The highest BCUT2D eigenvalue weighted by Gasteiger charge is 2.29. The van der Waals surface area contributed by atoms with E-state index in [0.717, 1.165) is 221 Å². The van der Waals surface area contributed by atoms with Crippen molar-refractivity contribution >= 4 is 131 Å². The van der Waals surface area contributed by atoms with Gasteiger partial charge in [0.25, 0.3) is 0 Å². The lowest BCUT2D eigenvalue weighted by Crippen LogP contribution is -2.00. The molecular weight excluding hydrogens is 1830 g/mol. The summed E-state index contributed by atoms with van der Waals surface area (Å²) >= 11 is 0. The lowest BCUT2D eigenvalue weighted by atomic mass is 9.88. The fraction of sp³-hybridized carbons (Fsp3) is 0. The number of nitrogens with zero attached hydrogens (tertiary/aromatic N) is 15. The van der Waals surface area contributed by atoms with Crippen molar-refractivity contribution in [3.63, 3.8) is 0 Å². The van der Waals surface area contributed by atoms with Gasteiger partial charge in [0.15, 0.2) is 0 Å². The number of rotatable bonds is 12. The summed E-state index contributed by atoms with van der Waals surface area (Å²) in [5, 5.41) is 105. The SMILES string of the molecule is N#Cc1ccc(-c2ccccc2-n2c3ccccc3c3cc(C#N)ccc32)c(-c2ccc(-n3c4ccccc4c4ccccc43)c(C#N)c2)c1.N#Cc1ccc2c(c1)c1ccccc1n2-c1ccccc1-c1cccc(C#N)c1-c1ccc(-n2c3ccccc3c3ccccc32)c(C#N)c1.N#Cc1ccc2c(c1)c1ccccc1n2-c1ccccc1-c1cccc(C#N)c1-c1ccc(-n2c3ccccc3c3ccccc32)cc1C#N. The molecule has 0 bridgehead atoms. The van der Waals surface area contributed by atoms with Gasteiger partial charge in [0, 0.05) is 104 Å². The number of hydrogen-bond donors (Lipinski definition) is 0. The molecule has 0 spiro atoms. The molecule has 0 amide bonds. The van der Waals surface area contributed by atoms with Crippen molar-refractivity contribution in [1.29, 1.82) is 47.4 Å². The predicted octanol–water partition coefficient (Wildman–Crippen LogP) is 32.5. The Balaban J connectivity index is 0.000000116. The lowest BCUT2D eigenvalue weighted by molar-refractivity contribution is 1.17. The summed E-state index contributed by atoms with van der Waals surface area (Å²) in [5.41, 5.74) is 32.6. The average Bonchev–Trinajstić information content (AvgIpc) is 1.59. The van der Waals surface area contributed by atoms with Crippen LogP contribution in [0.4, 0.5) is 0 Å². The van der Waals surface area contributed by atoms with Gasteiger partial charge in [-0.3, -0.25) is 0 Å². The van der Waals surface area contributed by atoms with Gasteiger partial charge in [0.1, 0.15) is 12.1 Å². The van der Waals surface area contributed by atoms with E-state index < -0.39 is 0 Å². The van der Waals surface area contributed by atoms with Gasteiger partial charge in [-0.15, -0.1) is 0 Å². The van der Waals surface area contributed by atoms with Gasteiger partial charge in [-0.25, -0.2) is 0 Å². The molecule has 15 nitrogen and oxygen atoms in total.